The molecule has 0 saturated carbocycles. The highest BCUT2D eigenvalue weighted by Gasteiger charge is 2.33. The predicted octanol–water partition coefficient (Wildman–Crippen LogP) is 2.86. The normalized spacial score (nSPS) is 33.7. The van der Waals surface area contributed by atoms with Crippen LogP contribution in [0.1, 0.15) is 45.4 Å². The van der Waals surface area contributed by atoms with Crippen molar-refractivity contribution in [1.29, 1.82) is 0 Å². The Morgan fingerprint density at radius 1 is 1.30 bits per heavy atom. The second kappa shape index (κ2) is 7.23. The van der Waals surface area contributed by atoms with E-state index in [4.69, 9.17) is 14.2 Å². The maximum atomic E-state index is 11.4. The van der Waals surface area contributed by atoms with E-state index >= 15 is 0 Å². The van der Waals surface area contributed by atoms with Crippen LogP contribution in [-0.2, 0) is 19.0 Å². The number of esters is 1. The lowest BCUT2D eigenvalue weighted by atomic mass is 9.99. The van der Waals surface area contributed by atoms with Gasteiger partial charge in [0.05, 0.1) is 18.1 Å². The highest BCUT2D eigenvalue weighted by Crippen LogP contribution is 2.32. The van der Waals surface area contributed by atoms with Crippen LogP contribution in [0, 0.1) is 5.92 Å². The highest BCUT2D eigenvalue weighted by molar-refractivity contribution is 5.74. The Hall–Kier alpha value is -0.870. The van der Waals surface area contributed by atoms with Crippen LogP contribution >= 0.6 is 0 Å². The molecule has 0 spiro atoms. The molecule has 0 N–H and O–H groups in total. The van der Waals surface area contributed by atoms with Crippen molar-refractivity contribution in [2.24, 2.45) is 5.92 Å². The summed E-state index contributed by atoms with van der Waals surface area (Å²) in [5.74, 6) is -0.00639. The summed E-state index contributed by atoms with van der Waals surface area (Å²) in [4.78, 5) is 11.4. The van der Waals surface area contributed by atoms with Gasteiger partial charge < -0.3 is 14.2 Å². The number of carbonyl (C=O) groups excluding carboxylic acids is 1. The molecule has 0 amide bonds. The van der Waals surface area contributed by atoms with Gasteiger partial charge in [-0.3, -0.25) is 4.79 Å². The lowest BCUT2D eigenvalue weighted by Gasteiger charge is -2.15. The van der Waals surface area contributed by atoms with E-state index in [9.17, 15) is 4.79 Å². The fourth-order valence-electron chi connectivity index (χ4n) is 3.03. The number of rotatable bonds is 7. The molecule has 2 saturated heterocycles. The lowest BCUT2D eigenvalue weighted by molar-refractivity contribution is -0.144. The van der Waals surface area contributed by atoms with Crippen LogP contribution in [0.15, 0.2) is 12.2 Å². The van der Waals surface area contributed by atoms with E-state index in [0.29, 0.717) is 0 Å². The first-order chi connectivity index (χ1) is 9.60. The molecule has 2 fully saturated rings. The Balaban J connectivity index is 1.68. The van der Waals surface area contributed by atoms with Crippen LogP contribution in [0.4, 0.5) is 0 Å². The number of methoxy groups -OCH3 is 1. The summed E-state index contributed by atoms with van der Waals surface area (Å²) < 4.78 is 16.4. The molecule has 2 heterocycles. The molecule has 4 nitrogen and oxygen atoms in total. The van der Waals surface area contributed by atoms with Crippen LogP contribution in [0.25, 0.3) is 0 Å². The van der Waals surface area contributed by atoms with E-state index in [2.05, 4.69) is 6.58 Å². The van der Waals surface area contributed by atoms with Gasteiger partial charge in [-0.15, -0.1) is 0 Å². The maximum Gasteiger partial charge on any atom is 0.309 e. The van der Waals surface area contributed by atoms with Gasteiger partial charge in [-0.25, -0.2) is 0 Å². The van der Waals surface area contributed by atoms with Crippen LogP contribution in [0.5, 0.6) is 0 Å². The minimum atomic E-state index is -0.0568. The van der Waals surface area contributed by atoms with Gasteiger partial charge in [-0.05, 0) is 44.1 Å². The van der Waals surface area contributed by atoms with Crippen molar-refractivity contribution in [2.75, 3.05) is 13.7 Å². The number of ether oxygens (including phenoxy) is 3. The van der Waals surface area contributed by atoms with Crippen LogP contribution in [0.2, 0.25) is 0 Å². The summed E-state index contributed by atoms with van der Waals surface area (Å²) in [7, 11) is 1.72. The number of hydrogen-bond acceptors (Lipinski definition) is 4. The topological polar surface area (TPSA) is 44.8 Å². The van der Waals surface area contributed by atoms with Gasteiger partial charge in [-0.2, -0.15) is 0 Å². The summed E-state index contributed by atoms with van der Waals surface area (Å²) in [6, 6.07) is 0. The van der Waals surface area contributed by atoms with Crippen molar-refractivity contribution in [2.45, 2.75) is 63.8 Å². The van der Waals surface area contributed by atoms with Crippen molar-refractivity contribution in [3.05, 3.63) is 12.2 Å². The van der Waals surface area contributed by atoms with E-state index in [-0.39, 0.29) is 30.2 Å². The molecular weight excluding hydrogens is 256 g/mol. The first kappa shape index (κ1) is 15.5. The lowest BCUT2D eigenvalue weighted by Crippen LogP contribution is -2.15. The molecule has 2 aliphatic rings. The van der Waals surface area contributed by atoms with Crippen molar-refractivity contribution >= 4 is 5.97 Å². The van der Waals surface area contributed by atoms with Gasteiger partial charge >= 0.3 is 5.97 Å². The van der Waals surface area contributed by atoms with Crippen LogP contribution < -0.4 is 0 Å². The van der Waals surface area contributed by atoms with Crippen molar-refractivity contribution < 1.29 is 19.0 Å². The standard InChI is InChI=1S/C16H26O4/c1-11-9-13(5-4-8-18-3)19-15(11)7-6-14-10-12(2)16(17)20-14/h12-15H,1,4-10H2,2-3H3/t12-,13?,14?,15+/m1/s1. The summed E-state index contributed by atoms with van der Waals surface area (Å²) in [5.41, 5.74) is 1.18. The van der Waals surface area contributed by atoms with Crippen LogP contribution in [0.3, 0.4) is 0 Å². The van der Waals surface area contributed by atoms with E-state index < -0.39 is 0 Å². The van der Waals surface area contributed by atoms with Gasteiger partial charge in [0.2, 0.25) is 0 Å². The Morgan fingerprint density at radius 2 is 2.10 bits per heavy atom. The van der Waals surface area contributed by atoms with Crippen LogP contribution in [-0.4, -0.2) is 38.0 Å². The van der Waals surface area contributed by atoms with Gasteiger partial charge in [-0.1, -0.05) is 13.5 Å². The SMILES string of the molecule is C=C1CC(CCCOC)O[C@H]1CCC1C[C@@H](C)C(=O)O1. The van der Waals surface area contributed by atoms with E-state index in [0.717, 1.165) is 45.1 Å². The molecule has 0 aromatic heterocycles. The Morgan fingerprint density at radius 3 is 2.75 bits per heavy atom. The third-order valence-corrected chi connectivity index (χ3v) is 4.23. The zero-order chi connectivity index (χ0) is 14.5. The smallest absolute Gasteiger partial charge is 0.309 e. The molecule has 20 heavy (non-hydrogen) atoms. The molecular formula is C16H26O4. The summed E-state index contributed by atoms with van der Waals surface area (Å²) in [6.45, 7) is 6.84. The van der Waals surface area contributed by atoms with Crippen molar-refractivity contribution in [3.63, 3.8) is 0 Å². The largest absolute Gasteiger partial charge is 0.462 e. The second-order valence-electron chi connectivity index (χ2n) is 6.02. The first-order valence-corrected chi connectivity index (χ1v) is 7.62. The molecule has 0 bridgehead atoms. The van der Waals surface area contributed by atoms with Gasteiger partial charge in [0.25, 0.3) is 0 Å². The summed E-state index contributed by atoms with van der Waals surface area (Å²) >= 11 is 0. The fourth-order valence-corrected chi connectivity index (χ4v) is 3.03. The van der Waals surface area contributed by atoms with Gasteiger partial charge in [0, 0.05) is 13.7 Å². The molecule has 0 aliphatic carbocycles. The third-order valence-electron chi connectivity index (χ3n) is 4.23. The average molecular weight is 282 g/mol. The molecule has 114 valence electrons. The molecule has 2 rings (SSSR count). The minimum absolute atomic E-state index is 0.0505. The third kappa shape index (κ3) is 4.06. The van der Waals surface area contributed by atoms with Gasteiger partial charge in [0.15, 0.2) is 0 Å². The van der Waals surface area contributed by atoms with Gasteiger partial charge in [0.1, 0.15) is 6.10 Å². The maximum absolute atomic E-state index is 11.4. The molecule has 4 atom stereocenters. The van der Waals surface area contributed by atoms with Crippen molar-refractivity contribution in [3.8, 4) is 0 Å². The Labute approximate surface area is 121 Å². The molecule has 2 unspecified atom stereocenters. The predicted molar refractivity (Wildman–Crippen MR) is 76.4 cm³/mol. The zero-order valence-corrected chi connectivity index (χ0v) is 12.6. The summed E-state index contributed by atoms with van der Waals surface area (Å²) in [6.07, 6.45) is 6.13. The molecule has 4 heteroatoms. The van der Waals surface area contributed by atoms with Crippen molar-refractivity contribution in [1.82, 2.24) is 0 Å². The first-order valence-electron chi connectivity index (χ1n) is 7.62. The molecule has 2 aliphatic heterocycles. The molecule has 0 aromatic carbocycles. The number of hydrogen-bond donors (Lipinski definition) is 0. The Bertz CT molecular complexity index is 352. The second-order valence-corrected chi connectivity index (χ2v) is 6.02. The average Bonchev–Trinajstić information content (AvgIpc) is 2.91. The van der Waals surface area contributed by atoms with E-state index in [1.807, 2.05) is 6.92 Å². The number of carbonyl (C=O) groups is 1. The van der Waals surface area contributed by atoms with E-state index in [1.54, 1.807) is 7.11 Å². The molecule has 0 aromatic rings. The fraction of sp³-hybridized carbons (Fsp3) is 0.812. The zero-order valence-electron chi connectivity index (χ0n) is 12.6. The van der Waals surface area contributed by atoms with E-state index in [1.165, 1.54) is 5.57 Å². The summed E-state index contributed by atoms with van der Waals surface area (Å²) in [5, 5.41) is 0. The quantitative estimate of drug-likeness (QED) is 0.409. The highest BCUT2D eigenvalue weighted by atomic mass is 16.6. The molecule has 0 radical (unpaired) electrons. The Kier molecular flexibility index (Phi) is 5.61. The monoisotopic (exact) mass is 282 g/mol. The number of cyclic esters (lactones) is 1. The minimum Gasteiger partial charge on any atom is -0.462 e.